The topological polar surface area (TPSA) is 44.9 Å². The van der Waals surface area contributed by atoms with Crippen LogP contribution in [0.25, 0.3) is 10.9 Å². The zero-order valence-corrected chi connectivity index (χ0v) is 15.5. The van der Waals surface area contributed by atoms with Gasteiger partial charge in [-0.3, -0.25) is 4.79 Å². The maximum atomic E-state index is 13.1. The van der Waals surface area contributed by atoms with E-state index in [1.54, 1.807) is 0 Å². The number of aromatic nitrogens is 1. The van der Waals surface area contributed by atoms with Gasteiger partial charge in [0.2, 0.25) is 5.91 Å². The molecule has 26 heavy (non-hydrogen) atoms. The van der Waals surface area contributed by atoms with Crippen LogP contribution in [0.3, 0.4) is 0 Å². The van der Waals surface area contributed by atoms with E-state index in [4.69, 9.17) is 11.6 Å². The fraction of sp³-hybridized carbons (Fsp3) is 0.318. The summed E-state index contributed by atoms with van der Waals surface area (Å²) < 4.78 is 0. The normalized spacial score (nSPS) is 16.0. The zero-order chi connectivity index (χ0) is 18.0. The molecule has 1 aliphatic rings. The van der Waals surface area contributed by atoms with Gasteiger partial charge in [0, 0.05) is 28.7 Å². The van der Waals surface area contributed by atoms with Crippen LogP contribution < -0.4 is 5.32 Å². The van der Waals surface area contributed by atoms with Gasteiger partial charge in [-0.25, -0.2) is 0 Å². The molecule has 134 valence electrons. The first kappa shape index (κ1) is 17.2. The fourth-order valence-electron chi connectivity index (χ4n) is 4.21. The molecule has 0 bridgehead atoms. The number of carbonyl (C=O) groups excluding carboxylic acids is 1. The van der Waals surface area contributed by atoms with E-state index in [0.717, 1.165) is 43.2 Å². The maximum Gasteiger partial charge on any atom is 0.230 e. The molecule has 1 aliphatic carbocycles. The van der Waals surface area contributed by atoms with Crippen LogP contribution in [0.5, 0.6) is 0 Å². The number of hydrogen-bond donors (Lipinski definition) is 2. The second-order valence-corrected chi connectivity index (χ2v) is 7.60. The van der Waals surface area contributed by atoms with Crippen molar-refractivity contribution in [2.24, 2.45) is 0 Å². The second kappa shape index (κ2) is 7.16. The molecule has 4 rings (SSSR count). The minimum atomic E-state index is -0.398. The molecule has 1 fully saturated rings. The first-order valence-corrected chi connectivity index (χ1v) is 9.66. The highest BCUT2D eigenvalue weighted by atomic mass is 35.5. The molecule has 0 radical (unpaired) electrons. The largest absolute Gasteiger partial charge is 0.361 e. The molecule has 0 spiro atoms. The van der Waals surface area contributed by atoms with E-state index in [-0.39, 0.29) is 5.91 Å². The van der Waals surface area contributed by atoms with Crippen molar-refractivity contribution in [2.75, 3.05) is 6.54 Å². The average molecular weight is 367 g/mol. The lowest BCUT2D eigenvalue weighted by Crippen LogP contribution is -2.43. The number of aromatic amines is 1. The van der Waals surface area contributed by atoms with Gasteiger partial charge in [-0.2, -0.15) is 0 Å². The molecule has 0 aliphatic heterocycles. The lowest BCUT2D eigenvalue weighted by Gasteiger charge is -2.28. The Hall–Kier alpha value is -2.26. The van der Waals surface area contributed by atoms with Gasteiger partial charge in [0.15, 0.2) is 0 Å². The number of nitrogens with one attached hydrogen (secondary N) is 2. The number of para-hydroxylation sites is 1. The Labute approximate surface area is 158 Å². The van der Waals surface area contributed by atoms with Gasteiger partial charge in [-0.05, 0) is 48.6 Å². The lowest BCUT2D eigenvalue weighted by atomic mass is 9.78. The van der Waals surface area contributed by atoms with Crippen molar-refractivity contribution in [3.8, 4) is 0 Å². The molecule has 0 unspecified atom stereocenters. The first-order valence-electron chi connectivity index (χ1n) is 9.28. The van der Waals surface area contributed by atoms with E-state index in [9.17, 15) is 4.79 Å². The molecule has 1 aromatic heterocycles. The molecule has 0 atom stereocenters. The van der Waals surface area contributed by atoms with Crippen LogP contribution in [0.2, 0.25) is 5.02 Å². The van der Waals surface area contributed by atoms with Crippen molar-refractivity contribution in [1.29, 1.82) is 0 Å². The highest BCUT2D eigenvalue weighted by Gasteiger charge is 2.42. The summed E-state index contributed by atoms with van der Waals surface area (Å²) in [6.45, 7) is 0.649. The zero-order valence-electron chi connectivity index (χ0n) is 14.7. The van der Waals surface area contributed by atoms with Crippen LogP contribution in [0, 0.1) is 0 Å². The predicted octanol–water partition coefficient (Wildman–Crippen LogP) is 4.99. The minimum absolute atomic E-state index is 0.150. The summed E-state index contributed by atoms with van der Waals surface area (Å²) in [6, 6.07) is 16.1. The summed E-state index contributed by atoms with van der Waals surface area (Å²) in [6.07, 6.45) is 6.88. The van der Waals surface area contributed by atoms with Gasteiger partial charge in [0.1, 0.15) is 0 Å². The second-order valence-electron chi connectivity index (χ2n) is 7.16. The van der Waals surface area contributed by atoms with Gasteiger partial charge >= 0.3 is 0 Å². The number of hydrogen-bond acceptors (Lipinski definition) is 1. The Morgan fingerprint density at radius 2 is 1.81 bits per heavy atom. The highest BCUT2D eigenvalue weighted by molar-refractivity contribution is 6.30. The molecule has 2 N–H and O–H groups in total. The summed E-state index contributed by atoms with van der Waals surface area (Å²) in [7, 11) is 0. The minimum Gasteiger partial charge on any atom is -0.361 e. The highest BCUT2D eigenvalue weighted by Crippen LogP contribution is 2.41. The smallest absolute Gasteiger partial charge is 0.230 e. The van der Waals surface area contributed by atoms with E-state index in [0.29, 0.717) is 11.6 Å². The molecule has 3 nitrogen and oxygen atoms in total. The van der Waals surface area contributed by atoms with E-state index in [1.807, 2.05) is 42.6 Å². The number of fused-ring (bicyclic) bond motifs is 1. The standard InChI is InChI=1S/C22H23ClN2O/c23-18-9-7-17(8-10-18)22(12-3-4-13-22)21(26)24-14-11-16-15-25-20-6-2-1-5-19(16)20/h1-2,5-10,15,25H,3-4,11-14H2,(H,24,26). The molecule has 4 heteroatoms. The van der Waals surface area contributed by atoms with Crippen LogP contribution in [-0.2, 0) is 16.6 Å². The molecule has 2 aromatic carbocycles. The molecule has 1 heterocycles. The number of amides is 1. The molecular formula is C22H23ClN2O. The third-order valence-corrected chi connectivity index (χ3v) is 5.90. The van der Waals surface area contributed by atoms with Crippen LogP contribution >= 0.6 is 11.6 Å². The number of rotatable bonds is 5. The van der Waals surface area contributed by atoms with Gasteiger partial charge in [0.05, 0.1) is 5.41 Å². The van der Waals surface area contributed by atoms with Crippen molar-refractivity contribution in [2.45, 2.75) is 37.5 Å². The van der Waals surface area contributed by atoms with Crippen LogP contribution in [0.4, 0.5) is 0 Å². The van der Waals surface area contributed by atoms with E-state index in [1.165, 1.54) is 10.9 Å². The molecule has 0 saturated heterocycles. The van der Waals surface area contributed by atoms with Gasteiger partial charge in [0.25, 0.3) is 0 Å². The summed E-state index contributed by atoms with van der Waals surface area (Å²) >= 11 is 6.03. The number of H-pyrrole nitrogens is 1. The van der Waals surface area contributed by atoms with Crippen LogP contribution in [-0.4, -0.2) is 17.4 Å². The Morgan fingerprint density at radius 3 is 2.58 bits per heavy atom. The number of halogens is 1. The van der Waals surface area contributed by atoms with Crippen LogP contribution in [0.15, 0.2) is 54.7 Å². The first-order chi connectivity index (χ1) is 12.7. The molecule has 1 amide bonds. The van der Waals surface area contributed by atoms with Gasteiger partial charge in [-0.1, -0.05) is 54.8 Å². The fourth-order valence-corrected chi connectivity index (χ4v) is 4.34. The third kappa shape index (κ3) is 3.12. The molecule has 1 saturated carbocycles. The van der Waals surface area contributed by atoms with Crippen molar-refractivity contribution >= 4 is 28.4 Å². The SMILES string of the molecule is O=C(NCCc1c[nH]c2ccccc12)C1(c2ccc(Cl)cc2)CCCC1. The summed E-state index contributed by atoms with van der Waals surface area (Å²) in [5.41, 5.74) is 3.07. The Bertz CT molecular complexity index is 907. The Kier molecular flexibility index (Phi) is 4.73. The quantitative estimate of drug-likeness (QED) is 0.656. The van der Waals surface area contributed by atoms with Gasteiger partial charge in [-0.15, -0.1) is 0 Å². The van der Waals surface area contributed by atoms with Crippen LogP contribution in [0.1, 0.15) is 36.8 Å². The number of benzene rings is 2. The predicted molar refractivity (Wildman–Crippen MR) is 107 cm³/mol. The summed E-state index contributed by atoms with van der Waals surface area (Å²) in [4.78, 5) is 16.4. The lowest BCUT2D eigenvalue weighted by molar-refractivity contribution is -0.126. The maximum absolute atomic E-state index is 13.1. The van der Waals surface area contributed by atoms with E-state index in [2.05, 4.69) is 22.4 Å². The molecular weight excluding hydrogens is 344 g/mol. The van der Waals surface area contributed by atoms with E-state index < -0.39 is 5.41 Å². The van der Waals surface area contributed by atoms with Crippen molar-refractivity contribution in [3.05, 3.63) is 70.9 Å². The van der Waals surface area contributed by atoms with Gasteiger partial charge < -0.3 is 10.3 Å². The van der Waals surface area contributed by atoms with E-state index >= 15 is 0 Å². The van der Waals surface area contributed by atoms with Crippen molar-refractivity contribution < 1.29 is 4.79 Å². The summed E-state index contributed by atoms with van der Waals surface area (Å²) in [5.74, 6) is 0.150. The Morgan fingerprint density at radius 1 is 1.08 bits per heavy atom. The third-order valence-electron chi connectivity index (χ3n) is 5.64. The van der Waals surface area contributed by atoms with Crippen molar-refractivity contribution in [3.63, 3.8) is 0 Å². The summed E-state index contributed by atoms with van der Waals surface area (Å²) in [5, 5.41) is 5.14. The monoisotopic (exact) mass is 366 g/mol. The Balaban J connectivity index is 1.46. The van der Waals surface area contributed by atoms with Crippen molar-refractivity contribution in [1.82, 2.24) is 10.3 Å². The average Bonchev–Trinajstić information content (AvgIpc) is 3.31. The number of carbonyl (C=O) groups is 1. The molecule has 3 aromatic rings.